The summed E-state index contributed by atoms with van der Waals surface area (Å²) in [4.78, 5) is 14.5. The number of carbonyl (C=O) groups excluding carboxylic acids is 1. The summed E-state index contributed by atoms with van der Waals surface area (Å²) >= 11 is 0. The molecule has 5 nitrogen and oxygen atoms in total. The van der Waals surface area contributed by atoms with Crippen LogP contribution in [0.4, 0.5) is 4.39 Å². The maximum absolute atomic E-state index is 12.9. The Morgan fingerprint density at radius 3 is 2.50 bits per heavy atom. The number of hydrogen-bond donors (Lipinski definition) is 1. The number of rotatable bonds is 10. The molecular formula is C26H33FN2O3. The fourth-order valence-corrected chi connectivity index (χ4v) is 4.08. The number of methoxy groups -OCH3 is 2. The minimum absolute atomic E-state index is 0.00974. The van der Waals surface area contributed by atoms with E-state index >= 15 is 0 Å². The van der Waals surface area contributed by atoms with Gasteiger partial charge < -0.3 is 19.7 Å². The molecule has 32 heavy (non-hydrogen) atoms. The van der Waals surface area contributed by atoms with E-state index in [1.807, 2.05) is 18.2 Å². The monoisotopic (exact) mass is 440 g/mol. The summed E-state index contributed by atoms with van der Waals surface area (Å²) in [7, 11) is 3.33. The molecule has 2 aromatic rings. The zero-order valence-corrected chi connectivity index (χ0v) is 19.0. The predicted molar refractivity (Wildman–Crippen MR) is 126 cm³/mol. The summed E-state index contributed by atoms with van der Waals surface area (Å²) in [5, 5.41) is 2.97. The van der Waals surface area contributed by atoms with Crippen LogP contribution in [0, 0.1) is 5.82 Å². The molecule has 1 N–H and O–H groups in total. The summed E-state index contributed by atoms with van der Waals surface area (Å²) in [6.45, 7) is 3.80. The molecule has 0 aromatic heterocycles. The van der Waals surface area contributed by atoms with Crippen molar-refractivity contribution in [3.63, 3.8) is 0 Å². The van der Waals surface area contributed by atoms with E-state index in [0.29, 0.717) is 18.9 Å². The smallest absolute Gasteiger partial charge is 0.223 e. The highest BCUT2D eigenvalue weighted by atomic mass is 19.1. The van der Waals surface area contributed by atoms with Gasteiger partial charge in [0.2, 0.25) is 5.91 Å². The summed E-state index contributed by atoms with van der Waals surface area (Å²) in [6.07, 6.45) is 7.15. The number of amides is 1. The first-order chi connectivity index (χ1) is 15.6. The molecule has 0 unspecified atom stereocenters. The van der Waals surface area contributed by atoms with E-state index in [1.54, 1.807) is 26.4 Å². The lowest BCUT2D eigenvalue weighted by molar-refractivity contribution is -0.120. The van der Waals surface area contributed by atoms with Crippen LogP contribution in [-0.2, 0) is 4.79 Å². The van der Waals surface area contributed by atoms with Gasteiger partial charge in [-0.1, -0.05) is 30.4 Å². The van der Waals surface area contributed by atoms with Crippen LogP contribution in [0.25, 0.3) is 6.08 Å². The van der Waals surface area contributed by atoms with E-state index < -0.39 is 0 Å². The van der Waals surface area contributed by atoms with Gasteiger partial charge >= 0.3 is 0 Å². The molecule has 1 fully saturated rings. The molecule has 0 spiro atoms. The molecule has 6 heteroatoms. The van der Waals surface area contributed by atoms with Crippen molar-refractivity contribution in [3.8, 4) is 11.5 Å². The van der Waals surface area contributed by atoms with E-state index in [1.165, 1.54) is 17.7 Å². The number of benzene rings is 2. The second-order valence-corrected chi connectivity index (χ2v) is 8.09. The minimum atomic E-state index is -0.259. The van der Waals surface area contributed by atoms with E-state index in [2.05, 4.69) is 22.3 Å². The SMILES string of the molecule is COc1ccc(C2CCN(CCCNC(=O)CC=Cc3ccc(F)cc3)CC2)cc1OC. The van der Waals surface area contributed by atoms with Gasteiger partial charge in [-0.05, 0) is 80.2 Å². The van der Waals surface area contributed by atoms with Crippen molar-refractivity contribution in [3.05, 3.63) is 65.5 Å². The highest BCUT2D eigenvalue weighted by Gasteiger charge is 2.21. The Hall–Kier alpha value is -2.86. The molecule has 1 amide bonds. The molecule has 2 aromatic carbocycles. The summed E-state index contributed by atoms with van der Waals surface area (Å²) in [5.74, 6) is 1.84. The van der Waals surface area contributed by atoms with Gasteiger partial charge in [0, 0.05) is 13.0 Å². The van der Waals surface area contributed by atoms with Gasteiger partial charge in [-0.25, -0.2) is 4.39 Å². The number of nitrogens with one attached hydrogen (secondary N) is 1. The topological polar surface area (TPSA) is 50.8 Å². The highest BCUT2D eigenvalue weighted by molar-refractivity contribution is 5.78. The van der Waals surface area contributed by atoms with Gasteiger partial charge in [-0.3, -0.25) is 4.79 Å². The zero-order valence-electron chi connectivity index (χ0n) is 19.0. The van der Waals surface area contributed by atoms with E-state index in [-0.39, 0.29) is 11.7 Å². The zero-order chi connectivity index (χ0) is 22.8. The van der Waals surface area contributed by atoms with Gasteiger partial charge in [-0.2, -0.15) is 0 Å². The maximum atomic E-state index is 12.9. The Balaban J connectivity index is 1.31. The Bertz CT molecular complexity index is 890. The van der Waals surface area contributed by atoms with Crippen LogP contribution < -0.4 is 14.8 Å². The van der Waals surface area contributed by atoms with E-state index in [4.69, 9.17) is 9.47 Å². The van der Waals surface area contributed by atoms with Crippen molar-refractivity contribution in [1.29, 1.82) is 0 Å². The van der Waals surface area contributed by atoms with Crippen molar-refractivity contribution in [1.82, 2.24) is 10.2 Å². The molecule has 0 radical (unpaired) electrons. The normalized spacial score (nSPS) is 15.1. The summed E-state index contributed by atoms with van der Waals surface area (Å²) < 4.78 is 23.7. The minimum Gasteiger partial charge on any atom is -0.493 e. The second kappa shape index (κ2) is 12.2. The Morgan fingerprint density at radius 2 is 1.81 bits per heavy atom. The lowest BCUT2D eigenvalue weighted by Crippen LogP contribution is -2.35. The first-order valence-corrected chi connectivity index (χ1v) is 11.2. The molecule has 0 bridgehead atoms. The van der Waals surface area contributed by atoms with Crippen LogP contribution in [-0.4, -0.2) is 51.2 Å². The lowest BCUT2D eigenvalue weighted by atomic mass is 9.89. The third-order valence-electron chi connectivity index (χ3n) is 5.92. The van der Waals surface area contributed by atoms with Crippen LogP contribution in [0.1, 0.15) is 42.7 Å². The third-order valence-corrected chi connectivity index (χ3v) is 5.92. The Labute approximate surface area is 190 Å². The molecule has 3 rings (SSSR count). The van der Waals surface area contributed by atoms with Crippen molar-refractivity contribution in [2.24, 2.45) is 0 Å². The van der Waals surface area contributed by atoms with Crippen LogP contribution in [0.2, 0.25) is 0 Å². The average molecular weight is 441 g/mol. The molecule has 0 atom stereocenters. The van der Waals surface area contributed by atoms with Crippen LogP contribution in [0.15, 0.2) is 48.5 Å². The first kappa shape index (κ1) is 23.8. The average Bonchev–Trinajstić information content (AvgIpc) is 2.83. The van der Waals surface area contributed by atoms with Crippen LogP contribution in [0.5, 0.6) is 11.5 Å². The van der Waals surface area contributed by atoms with Gasteiger partial charge in [0.1, 0.15) is 5.82 Å². The number of nitrogens with zero attached hydrogens (tertiary/aromatic N) is 1. The Morgan fingerprint density at radius 1 is 1.09 bits per heavy atom. The Kier molecular flexibility index (Phi) is 9.11. The summed E-state index contributed by atoms with van der Waals surface area (Å²) in [6, 6.07) is 12.4. The standard InChI is InChI=1S/C26H33FN2O3/c1-31-24-12-9-22(19-25(24)32-2)21-13-17-29(18-14-21)16-4-15-28-26(30)6-3-5-20-7-10-23(27)11-8-20/h3,5,7-12,19,21H,4,6,13-18H2,1-2H3,(H,28,30). The molecule has 172 valence electrons. The number of halogens is 1. The van der Waals surface area contributed by atoms with E-state index in [9.17, 15) is 9.18 Å². The number of likely N-dealkylation sites (tertiary alicyclic amines) is 1. The number of hydrogen-bond acceptors (Lipinski definition) is 4. The summed E-state index contributed by atoms with van der Waals surface area (Å²) in [5.41, 5.74) is 2.19. The predicted octanol–water partition coefficient (Wildman–Crippen LogP) is 4.63. The van der Waals surface area contributed by atoms with Crippen LogP contribution >= 0.6 is 0 Å². The molecular weight excluding hydrogens is 407 g/mol. The van der Waals surface area contributed by atoms with Crippen molar-refractivity contribution in [2.45, 2.75) is 31.6 Å². The van der Waals surface area contributed by atoms with Crippen molar-refractivity contribution >= 4 is 12.0 Å². The van der Waals surface area contributed by atoms with Gasteiger partial charge in [0.15, 0.2) is 11.5 Å². The number of ether oxygens (including phenoxy) is 2. The first-order valence-electron chi connectivity index (χ1n) is 11.2. The lowest BCUT2D eigenvalue weighted by Gasteiger charge is -2.32. The molecule has 1 heterocycles. The number of carbonyl (C=O) groups is 1. The van der Waals surface area contributed by atoms with Gasteiger partial charge in [0.05, 0.1) is 14.2 Å². The number of piperidine rings is 1. The molecule has 0 saturated carbocycles. The quantitative estimate of drug-likeness (QED) is 0.547. The van der Waals surface area contributed by atoms with Crippen molar-refractivity contribution < 1.29 is 18.7 Å². The fourth-order valence-electron chi connectivity index (χ4n) is 4.08. The molecule has 0 aliphatic carbocycles. The van der Waals surface area contributed by atoms with Crippen LogP contribution in [0.3, 0.4) is 0 Å². The largest absolute Gasteiger partial charge is 0.493 e. The molecule has 1 aliphatic rings. The second-order valence-electron chi connectivity index (χ2n) is 8.09. The fraction of sp³-hybridized carbons (Fsp3) is 0.423. The van der Waals surface area contributed by atoms with Gasteiger partial charge in [-0.15, -0.1) is 0 Å². The highest BCUT2D eigenvalue weighted by Crippen LogP contribution is 2.34. The third kappa shape index (κ3) is 7.09. The molecule has 1 aliphatic heterocycles. The van der Waals surface area contributed by atoms with Crippen molar-refractivity contribution in [2.75, 3.05) is 40.4 Å². The van der Waals surface area contributed by atoms with Gasteiger partial charge in [0.25, 0.3) is 0 Å². The van der Waals surface area contributed by atoms with E-state index in [0.717, 1.165) is 56.0 Å². The maximum Gasteiger partial charge on any atom is 0.223 e. The molecule has 1 saturated heterocycles.